The van der Waals surface area contributed by atoms with Crippen LogP contribution in [0.3, 0.4) is 0 Å². The van der Waals surface area contributed by atoms with Crippen molar-refractivity contribution in [2.45, 2.75) is 19.4 Å². The lowest BCUT2D eigenvalue weighted by Gasteiger charge is -2.23. The molecule has 0 fully saturated rings. The smallest absolute Gasteiger partial charge is 0.193 e. The minimum Gasteiger partial charge on any atom is -0.375 e. The molecule has 1 N–H and O–H groups in total. The molecule has 2 aromatic rings. The maximum atomic E-state index is 13.1. The number of nitrogens with one attached hydrogen (secondary N) is 1. The summed E-state index contributed by atoms with van der Waals surface area (Å²) in [6.45, 7) is 4.22. The molecule has 2 rings (SSSR count). The van der Waals surface area contributed by atoms with Gasteiger partial charge in [-0.15, -0.1) is 11.3 Å². The van der Waals surface area contributed by atoms with Crippen molar-refractivity contribution < 1.29 is 9.13 Å². The zero-order chi connectivity index (χ0) is 18.1. The Morgan fingerprint density at radius 2 is 2.08 bits per heavy atom. The van der Waals surface area contributed by atoms with Gasteiger partial charge < -0.3 is 15.0 Å². The highest BCUT2D eigenvalue weighted by molar-refractivity contribution is 7.09. The largest absolute Gasteiger partial charge is 0.375 e. The van der Waals surface area contributed by atoms with Crippen molar-refractivity contribution in [3.05, 3.63) is 58.0 Å². The van der Waals surface area contributed by atoms with Crippen LogP contribution in [0.25, 0.3) is 0 Å². The van der Waals surface area contributed by atoms with E-state index in [9.17, 15) is 4.39 Å². The first kappa shape index (κ1) is 19.4. The predicted molar refractivity (Wildman–Crippen MR) is 103 cm³/mol. The summed E-state index contributed by atoms with van der Waals surface area (Å²) in [6, 6.07) is 10.6. The number of ether oxygens (including phenoxy) is 1. The molecule has 25 heavy (non-hydrogen) atoms. The number of guanidine groups is 1. The van der Waals surface area contributed by atoms with Crippen molar-refractivity contribution in [1.82, 2.24) is 10.2 Å². The van der Waals surface area contributed by atoms with Crippen molar-refractivity contribution in [2.24, 2.45) is 4.99 Å². The molecule has 0 amide bonds. The van der Waals surface area contributed by atoms with E-state index in [-0.39, 0.29) is 11.9 Å². The normalized spacial score (nSPS) is 12.9. The Bertz CT molecular complexity index is 643. The van der Waals surface area contributed by atoms with Crippen LogP contribution in [0.1, 0.15) is 23.5 Å². The van der Waals surface area contributed by atoms with Crippen LogP contribution in [0.5, 0.6) is 0 Å². The molecule has 136 valence electrons. The first-order chi connectivity index (χ1) is 12.1. The highest BCUT2D eigenvalue weighted by Crippen LogP contribution is 2.17. The molecule has 4 nitrogen and oxygen atoms in total. The summed E-state index contributed by atoms with van der Waals surface area (Å²) in [5.74, 6) is 0.604. The lowest BCUT2D eigenvalue weighted by Crippen LogP contribution is -2.40. The molecule has 1 aromatic carbocycles. The van der Waals surface area contributed by atoms with Crippen molar-refractivity contribution in [2.75, 3.05) is 33.8 Å². The second-order valence-electron chi connectivity index (χ2n) is 5.72. The van der Waals surface area contributed by atoms with Gasteiger partial charge in [0, 0.05) is 32.1 Å². The molecule has 6 heteroatoms. The second kappa shape index (κ2) is 10.2. The Labute approximate surface area is 153 Å². The molecule has 0 radical (unpaired) electrons. The van der Waals surface area contributed by atoms with Crippen LogP contribution < -0.4 is 5.32 Å². The number of hydrogen-bond acceptors (Lipinski definition) is 3. The van der Waals surface area contributed by atoms with E-state index in [1.807, 2.05) is 7.05 Å². The summed E-state index contributed by atoms with van der Waals surface area (Å²) < 4.78 is 18.6. The number of thiophene rings is 1. The number of methoxy groups -OCH3 is 1. The average Bonchev–Trinajstić information content (AvgIpc) is 3.14. The van der Waals surface area contributed by atoms with Crippen molar-refractivity contribution in [3.8, 4) is 0 Å². The van der Waals surface area contributed by atoms with Crippen LogP contribution in [0.2, 0.25) is 0 Å². The number of nitrogens with zero attached hydrogens (tertiary/aromatic N) is 2. The molecule has 0 saturated heterocycles. The Morgan fingerprint density at radius 1 is 1.32 bits per heavy atom. The molecule has 1 atom stereocenters. The molecule has 0 aliphatic rings. The summed E-state index contributed by atoms with van der Waals surface area (Å²) in [6.07, 6.45) is 0.796. The quantitative estimate of drug-likeness (QED) is 0.574. The van der Waals surface area contributed by atoms with E-state index in [0.717, 1.165) is 31.0 Å². The number of benzene rings is 1. The lowest BCUT2D eigenvalue weighted by molar-refractivity contribution is 0.110. The topological polar surface area (TPSA) is 36.9 Å². The standard InChI is InChI=1S/C19H26FN3OS/c1-4-21-19(23(2)12-11-17-6-5-13-25-17)22-14-18(24-3)15-7-9-16(20)10-8-15/h5-10,13,18H,4,11-12,14H2,1-3H3,(H,21,22). The van der Waals surface area contributed by atoms with E-state index in [2.05, 4.69) is 34.7 Å². The Kier molecular flexibility index (Phi) is 7.88. The third kappa shape index (κ3) is 6.14. The zero-order valence-electron chi connectivity index (χ0n) is 15.0. The van der Waals surface area contributed by atoms with Gasteiger partial charge >= 0.3 is 0 Å². The minimum atomic E-state index is -0.247. The van der Waals surface area contributed by atoms with Crippen LogP contribution in [0.15, 0.2) is 46.8 Å². The zero-order valence-corrected chi connectivity index (χ0v) is 15.9. The molecule has 0 spiro atoms. The van der Waals surface area contributed by atoms with Crippen LogP contribution in [-0.2, 0) is 11.2 Å². The summed E-state index contributed by atoms with van der Waals surface area (Å²) in [5.41, 5.74) is 0.921. The SMILES string of the molecule is CCNC(=NCC(OC)c1ccc(F)cc1)N(C)CCc1cccs1. The van der Waals surface area contributed by atoms with Gasteiger partial charge in [-0.3, -0.25) is 4.99 Å². The summed E-state index contributed by atoms with van der Waals surface area (Å²) in [7, 11) is 3.69. The number of hydrogen-bond donors (Lipinski definition) is 1. The van der Waals surface area contributed by atoms with Gasteiger partial charge in [0.15, 0.2) is 5.96 Å². The van der Waals surface area contributed by atoms with Gasteiger partial charge in [-0.1, -0.05) is 18.2 Å². The first-order valence-corrected chi connectivity index (χ1v) is 9.32. The van der Waals surface area contributed by atoms with Gasteiger partial charge in [0.1, 0.15) is 11.9 Å². The Hall–Kier alpha value is -1.92. The highest BCUT2D eigenvalue weighted by atomic mass is 32.1. The molecular formula is C19H26FN3OS. The van der Waals surface area contributed by atoms with Crippen molar-refractivity contribution in [3.63, 3.8) is 0 Å². The first-order valence-electron chi connectivity index (χ1n) is 8.44. The molecule has 1 unspecified atom stereocenters. The van der Waals surface area contributed by atoms with Crippen LogP contribution in [0.4, 0.5) is 4.39 Å². The maximum absolute atomic E-state index is 13.1. The summed E-state index contributed by atoms with van der Waals surface area (Å²) >= 11 is 1.77. The van der Waals surface area contributed by atoms with Gasteiger partial charge in [-0.05, 0) is 42.5 Å². The summed E-state index contributed by atoms with van der Waals surface area (Å²) in [5, 5.41) is 5.41. The molecule has 0 aliphatic heterocycles. The number of halogens is 1. The average molecular weight is 364 g/mol. The molecule has 1 heterocycles. The molecule has 0 saturated carbocycles. The van der Waals surface area contributed by atoms with E-state index in [4.69, 9.17) is 9.73 Å². The van der Waals surface area contributed by atoms with Crippen LogP contribution in [0, 0.1) is 5.82 Å². The van der Waals surface area contributed by atoms with Gasteiger partial charge in [0.25, 0.3) is 0 Å². The van der Waals surface area contributed by atoms with E-state index in [0.29, 0.717) is 6.54 Å². The third-order valence-electron chi connectivity index (χ3n) is 3.90. The Balaban J connectivity index is 1.99. The minimum absolute atomic E-state index is 0.194. The van der Waals surface area contributed by atoms with Crippen LogP contribution >= 0.6 is 11.3 Å². The monoisotopic (exact) mass is 363 g/mol. The van der Waals surface area contributed by atoms with E-state index < -0.39 is 0 Å². The van der Waals surface area contributed by atoms with Gasteiger partial charge in [0.2, 0.25) is 0 Å². The van der Waals surface area contributed by atoms with Gasteiger partial charge in [-0.25, -0.2) is 4.39 Å². The molecular weight excluding hydrogens is 337 g/mol. The van der Waals surface area contributed by atoms with Crippen LogP contribution in [-0.4, -0.2) is 44.7 Å². The number of aliphatic imine (C=N–C) groups is 1. The fourth-order valence-corrected chi connectivity index (χ4v) is 3.17. The number of rotatable bonds is 8. The van der Waals surface area contributed by atoms with E-state index >= 15 is 0 Å². The predicted octanol–water partition coefficient (Wildman–Crippen LogP) is 3.71. The number of likely N-dealkylation sites (N-methyl/N-ethyl adjacent to an activating group) is 1. The van der Waals surface area contributed by atoms with Gasteiger partial charge in [0.05, 0.1) is 6.54 Å². The lowest BCUT2D eigenvalue weighted by atomic mass is 10.1. The molecule has 0 bridgehead atoms. The molecule has 1 aromatic heterocycles. The third-order valence-corrected chi connectivity index (χ3v) is 4.84. The highest BCUT2D eigenvalue weighted by Gasteiger charge is 2.12. The Morgan fingerprint density at radius 3 is 2.68 bits per heavy atom. The van der Waals surface area contributed by atoms with Crippen molar-refractivity contribution in [1.29, 1.82) is 0 Å². The van der Waals surface area contributed by atoms with Crippen molar-refractivity contribution >= 4 is 17.3 Å². The second-order valence-corrected chi connectivity index (χ2v) is 6.75. The van der Waals surface area contributed by atoms with E-state index in [1.54, 1.807) is 30.6 Å². The summed E-state index contributed by atoms with van der Waals surface area (Å²) in [4.78, 5) is 8.19. The van der Waals surface area contributed by atoms with Gasteiger partial charge in [-0.2, -0.15) is 0 Å². The fraction of sp³-hybridized carbons (Fsp3) is 0.421. The fourth-order valence-electron chi connectivity index (χ4n) is 2.47. The van der Waals surface area contributed by atoms with E-state index in [1.165, 1.54) is 17.0 Å². The molecule has 0 aliphatic carbocycles. The maximum Gasteiger partial charge on any atom is 0.193 e.